The molecule has 1 aliphatic rings. The predicted molar refractivity (Wildman–Crippen MR) is 102 cm³/mol. The number of rotatable bonds is 8. The van der Waals surface area contributed by atoms with Crippen LogP contribution in [-0.4, -0.2) is 76.0 Å². The zero-order valence-electron chi connectivity index (χ0n) is 15.9. The Morgan fingerprint density at radius 1 is 0.800 bits per heavy atom. The zero-order chi connectivity index (χ0) is 18.4. The molecule has 6 nitrogen and oxygen atoms in total. The first-order valence-corrected chi connectivity index (χ1v) is 8.89. The number of benzene rings is 1. The van der Waals surface area contributed by atoms with Gasteiger partial charge in [0.1, 0.15) is 6.42 Å². The number of fused-ring (bicyclic) bond motifs is 1. The van der Waals surface area contributed by atoms with Crippen molar-refractivity contribution in [1.29, 1.82) is 0 Å². The van der Waals surface area contributed by atoms with Crippen LogP contribution in [-0.2, 0) is 9.59 Å². The summed E-state index contributed by atoms with van der Waals surface area (Å²) in [6.07, 6.45) is 1.70. The summed E-state index contributed by atoms with van der Waals surface area (Å²) in [5.41, 5.74) is 1.70. The summed E-state index contributed by atoms with van der Waals surface area (Å²) in [6, 6.07) is 7.75. The topological polar surface area (TPSA) is 47.1 Å². The second kappa shape index (κ2) is 8.97. The first-order valence-electron chi connectivity index (χ1n) is 8.89. The molecule has 138 valence electrons. The van der Waals surface area contributed by atoms with Gasteiger partial charge in [0, 0.05) is 13.1 Å². The Morgan fingerprint density at radius 2 is 1.20 bits per heavy atom. The molecule has 0 saturated carbocycles. The fourth-order valence-corrected chi connectivity index (χ4v) is 3.09. The monoisotopic (exact) mass is 346 g/mol. The van der Waals surface area contributed by atoms with Gasteiger partial charge in [0.15, 0.2) is 0 Å². The first kappa shape index (κ1) is 19.4. The number of nitrogens with zero attached hydrogens (tertiary/aromatic N) is 4. The molecule has 0 N–H and O–H groups in total. The van der Waals surface area contributed by atoms with Crippen molar-refractivity contribution in [1.82, 2.24) is 9.80 Å². The van der Waals surface area contributed by atoms with Gasteiger partial charge in [-0.05, 0) is 66.3 Å². The molecule has 25 heavy (non-hydrogen) atoms. The van der Waals surface area contributed by atoms with E-state index in [2.05, 4.69) is 9.80 Å². The van der Waals surface area contributed by atoms with Crippen LogP contribution in [0.5, 0.6) is 0 Å². The summed E-state index contributed by atoms with van der Waals surface area (Å²) in [5.74, 6) is -0.211. The van der Waals surface area contributed by atoms with Crippen molar-refractivity contribution in [3.05, 3.63) is 24.3 Å². The fraction of sp³-hybridized carbons (Fsp3) is 0.579. The Kier molecular flexibility index (Phi) is 6.96. The van der Waals surface area contributed by atoms with Crippen LogP contribution < -0.4 is 9.80 Å². The molecular weight excluding hydrogens is 316 g/mol. The van der Waals surface area contributed by atoms with Crippen LogP contribution in [0.2, 0.25) is 0 Å². The molecule has 0 saturated heterocycles. The maximum atomic E-state index is 12.6. The fourth-order valence-electron chi connectivity index (χ4n) is 3.09. The van der Waals surface area contributed by atoms with Crippen LogP contribution in [0.1, 0.15) is 19.3 Å². The van der Waals surface area contributed by atoms with Gasteiger partial charge in [0.25, 0.3) is 0 Å². The van der Waals surface area contributed by atoms with Crippen molar-refractivity contribution >= 4 is 23.2 Å². The van der Waals surface area contributed by atoms with Crippen molar-refractivity contribution in [3.63, 3.8) is 0 Å². The van der Waals surface area contributed by atoms with Crippen LogP contribution in [0.15, 0.2) is 24.3 Å². The Hall–Kier alpha value is -1.92. The van der Waals surface area contributed by atoms with Crippen molar-refractivity contribution in [2.24, 2.45) is 0 Å². The molecule has 6 heteroatoms. The number of amides is 2. The Labute approximate surface area is 151 Å². The number of hydrogen-bond acceptors (Lipinski definition) is 4. The van der Waals surface area contributed by atoms with Gasteiger partial charge in [-0.2, -0.15) is 0 Å². The highest BCUT2D eigenvalue weighted by Gasteiger charge is 2.30. The zero-order valence-corrected chi connectivity index (χ0v) is 15.9. The summed E-state index contributed by atoms with van der Waals surface area (Å²) in [6.45, 7) is 3.08. The molecule has 2 rings (SSSR count). The molecule has 0 aromatic heterocycles. The second-order valence-electron chi connectivity index (χ2n) is 7.07. The third kappa shape index (κ3) is 5.28. The lowest BCUT2D eigenvalue weighted by atomic mass is 10.2. The average molecular weight is 346 g/mol. The van der Waals surface area contributed by atoms with E-state index in [0.29, 0.717) is 13.1 Å². The molecule has 1 aromatic carbocycles. The van der Waals surface area contributed by atoms with Crippen LogP contribution in [0, 0.1) is 0 Å². The molecule has 1 heterocycles. The van der Waals surface area contributed by atoms with E-state index in [4.69, 9.17) is 0 Å². The molecule has 0 atom stereocenters. The van der Waals surface area contributed by atoms with Gasteiger partial charge in [-0.3, -0.25) is 9.59 Å². The quantitative estimate of drug-likeness (QED) is 0.672. The normalized spacial score (nSPS) is 15.1. The summed E-state index contributed by atoms with van der Waals surface area (Å²) >= 11 is 0. The predicted octanol–water partition coefficient (Wildman–Crippen LogP) is 1.66. The highest BCUT2D eigenvalue weighted by Crippen LogP contribution is 2.33. The summed E-state index contributed by atoms with van der Waals surface area (Å²) < 4.78 is 0. The molecule has 2 amide bonds. The lowest BCUT2D eigenvalue weighted by Gasteiger charge is -2.26. The summed E-state index contributed by atoms with van der Waals surface area (Å²) in [7, 11) is 8.09. The van der Waals surface area contributed by atoms with Crippen LogP contribution in [0.4, 0.5) is 11.4 Å². The van der Waals surface area contributed by atoms with Gasteiger partial charge in [-0.15, -0.1) is 0 Å². The average Bonchev–Trinajstić information content (AvgIpc) is 2.63. The lowest BCUT2D eigenvalue weighted by Crippen LogP contribution is -2.35. The molecule has 0 radical (unpaired) electrons. The van der Waals surface area contributed by atoms with Gasteiger partial charge < -0.3 is 19.6 Å². The number of anilines is 2. The summed E-state index contributed by atoms with van der Waals surface area (Å²) in [5, 5.41) is 0. The minimum atomic E-state index is -0.105. The molecule has 0 spiro atoms. The molecule has 0 unspecified atom stereocenters. The van der Waals surface area contributed by atoms with E-state index in [1.807, 2.05) is 52.5 Å². The van der Waals surface area contributed by atoms with E-state index < -0.39 is 0 Å². The van der Waals surface area contributed by atoms with Crippen molar-refractivity contribution in [2.45, 2.75) is 19.3 Å². The maximum Gasteiger partial charge on any atom is 0.236 e. The first-order chi connectivity index (χ1) is 11.9. The maximum absolute atomic E-state index is 12.6. The van der Waals surface area contributed by atoms with Crippen molar-refractivity contribution in [3.8, 4) is 0 Å². The van der Waals surface area contributed by atoms with Crippen LogP contribution in [0.25, 0.3) is 0 Å². The van der Waals surface area contributed by atoms with Crippen LogP contribution >= 0.6 is 0 Å². The second-order valence-corrected chi connectivity index (χ2v) is 7.07. The van der Waals surface area contributed by atoms with E-state index in [0.717, 1.165) is 37.3 Å². The summed E-state index contributed by atoms with van der Waals surface area (Å²) in [4.78, 5) is 33.1. The van der Waals surface area contributed by atoms with Gasteiger partial charge in [-0.25, -0.2) is 0 Å². The third-order valence-electron chi connectivity index (χ3n) is 4.34. The molecule has 0 fully saturated rings. The third-order valence-corrected chi connectivity index (χ3v) is 4.34. The van der Waals surface area contributed by atoms with Gasteiger partial charge >= 0.3 is 0 Å². The number of para-hydroxylation sites is 2. The molecule has 0 aliphatic carbocycles. The molecule has 0 bridgehead atoms. The molecule has 1 aromatic rings. The minimum absolute atomic E-state index is 0.0569. The van der Waals surface area contributed by atoms with Crippen LogP contribution in [0.3, 0.4) is 0 Å². The van der Waals surface area contributed by atoms with E-state index in [1.54, 1.807) is 9.80 Å². The number of carbonyl (C=O) groups is 2. The van der Waals surface area contributed by atoms with Gasteiger partial charge in [0.2, 0.25) is 11.8 Å². The highest BCUT2D eigenvalue weighted by molar-refractivity contribution is 6.15. The van der Waals surface area contributed by atoms with E-state index >= 15 is 0 Å². The standard InChI is InChI=1S/C19H30N4O2/c1-20(2)11-7-13-22-16-9-5-6-10-17(16)23(14-8-12-21(3)4)19(25)15-18(22)24/h5-6,9-10H,7-8,11-15H2,1-4H3. The smallest absolute Gasteiger partial charge is 0.236 e. The largest absolute Gasteiger partial charge is 0.310 e. The van der Waals surface area contributed by atoms with E-state index in [-0.39, 0.29) is 18.2 Å². The molecular formula is C19H30N4O2. The van der Waals surface area contributed by atoms with Gasteiger partial charge in [-0.1, -0.05) is 12.1 Å². The Balaban J connectivity index is 2.22. The van der Waals surface area contributed by atoms with E-state index in [9.17, 15) is 9.59 Å². The minimum Gasteiger partial charge on any atom is -0.310 e. The Bertz CT molecular complexity index is 550. The van der Waals surface area contributed by atoms with E-state index in [1.165, 1.54) is 0 Å². The Morgan fingerprint density at radius 3 is 1.56 bits per heavy atom. The van der Waals surface area contributed by atoms with Gasteiger partial charge in [0.05, 0.1) is 11.4 Å². The van der Waals surface area contributed by atoms with Crippen molar-refractivity contribution < 1.29 is 9.59 Å². The SMILES string of the molecule is CN(C)CCCN1C(=O)CC(=O)N(CCCN(C)C)c2ccccc21. The number of hydrogen-bond donors (Lipinski definition) is 0. The van der Waals surface area contributed by atoms with Crippen molar-refractivity contribution in [2.75, 3.05) is 64.2 Å². The highest BCUT2D eigenvalue weighted by atomic mass is 16.2. The molecule has 1 aliphatic heterocycles. The lowest BCUT2D eigenvalue weighted by molar-refractivity contribution is -0.126. The number of carbonyl (C=O) groups excluding carboxylic acids is 2.